The van der Waals surface area contributed by atoms with Gasteiger partial charge in [-0.25, -0.2) is 0 Å². The molecular weight excluding hydrogens is 254 g/mol. The highest BCUT2D eigenvalue weighted by atomic mass is 35.5. The van der Waals surface area contributed by atoms with E-state index in [9.17, 15) is 0 Å². The number of nitrogens with one attached hydrogen (secondary N) is 1. The van der Waals surface area contributed by atoms with E-state index in [-0.39, 0.29) is 0 Å². The van der Waals surface area contributed by atoms with Gasteiger partial charge in [0.25, 0.3) is 0 Å². The summed E-state index contributed by atoms with van der Waals surface area (Å²) in [6.07, 6.45) is 3.63. The van der Waals surface area contributed by atoms with E-state index in [0.29, 0.717) is 5.92 Å². The SMILES string of the molecule is CCCC(CCCl)CNCc1ccc(C(C)C)cc1. The third-order valence-electron chi connectivity index (χ3n) is 3.62. The first-order chi connectivity index (χ1) is 9.17. The lowest BCUT2D eigenvalue weighted by Gasteiger charge is -2.15. The van der Waals surface area contributed by atoms with Gasteiger partial charge in [-0.05, 0) is 42.3 Å². The molecule has 1 N–H and O–H groups in total. The topological polar surface area (TPSA) is 12.0 Å². The minimum absolute atomic E-state index is 0.611. The maximum atomic E-state index is 5.85. The van der Waals surface area contributed by atoms with Crippen molar-refractivity contribution in [2.75, 3.05) is 12.4 Å². The molecule has 0 saturated heterocycles. The van der Waals surface area contributed by atoms with Crippen LogP contribution in [0.4, 0.5) is 0 Å². The largest absolute Gasteiger partial charge is 0.312 e. The number of hydrogen-bond acceptors (Lipinski definition) is 1. The van der Waals surface area contributed by atoms with E-state index in [4.69, 9.17) is 11.6 Å². The van der Waals surface area contributed by atoms with Crippen LogP contribution in [0.1, 0.15) is 57.1 Å². The molecule has 0 saturated carbocycles. The van der Waals surface area contributed by atoms with Gasteiger partial charge < -0.3 is 5.32 Å². The predicted molar refractivity (Wildman–Crippen MR) is 86.0 cm³/mol. The van der Waals surface area contributed by atoms with E-state index in [1.165, 1.54) is 24.0 Å². The van der Waals surface area contributed by atoms with Crippen molar-refractivity contribution >= 4 is 11.6 Å². The Hall–Kier alpha value is -0.530. The molecule has 1 unspecified atom stereocenters. The highest BCUT2D eigenvalue weighted by Crippen LogP contribution is 2.15. The molecule has 0 fully saturated rings. The van der Waals surface area contributed by atoms with Crippen molar-refractivity contribution in [1.29, 1.82) is 0 Å². The van der Waals surface area contributed by atoms with Crippen molar-refractivity contribution in [3.05, 3.63) is 35.4 Å². The van der Waals surface area contributed by atoms with Crippen molar-refractivity contribution in [1.82, 2.24) is 5.32 Å². The Balaban J connectivity index is 2.35. The summed E-state index contributed by atoms with van der Waals surface area (Å²) in [6, 6.07) is 8.95. The monoisotopic (exact) mass is 281 g/mol. The molecule has 1 aromatic rings. The van der Waals surface area contributed by atoms with E-state index in [0.717, 1.165) is 31.3 Å². The van der Waals surface area contributed by atoms with Gasteiger partial charge in [-0.2, -0.15) is 0 Å². The zero-order valence-corrected chi connectivity index (χ0v) is 13.3. The Morgan fingerprint density at radius 1 is 1.11 bits per heavy atom. The molecule has 0 bridgehead atoms. The fraction of sp³-hybridized carbons (Fsp3) is 0.647. The van der Waals surface area contributed by atoms with Crippen molar-refractivity contribution < 1.29 is 0 Å². The van der Waals surface area contributed by atoms with Crippen LogP contribution in [0.15, 0.2) is 24.3 Å². The molecule has 19 heavy (non-hydrogen) atoms. The van der Waals surface area contributed by atoms with Crippen LogP contribution in [0.2, 0.25) is 0 Å². The fourth-order valence-electron chi connectivity index (χ4n) is 2.35. The molecule has 0 aliphatic heterocycles. The lowest BCUT2D eigenvalue weighted by Crippen LogP contribution is -2.22. The maximum Gasteiger partial charge on any atom is 0.0226 e. The average molecular weight is 282 g/mol. The first-order valence-electron chi connectivity index (χ1n) is 7.52. The number of alkyl halides is 1. The van der Waals surface area contributed by atoms with E-state index < -0.39 is 0 Å². The number of hydrogen-bond donors (Lipinski definition) is 1. The summed E-state index contributed by atoms with van der Waals surface area (Å²) in [5.41, 5.74) is 2.78. The third-order valence-corrected chi connectivity index (χ3v) is 3.84. The first kappa shape index (κ1) is 16.5. The maximum absolute atomic E-state index is 5.85. The molecule has 0 aromatic heterocycles. The smallest absolute Gasteiger partial charge is 0.0226 e. The first-order valence-corrected chi connectivity index (χ1v) is 8.06. The van der Waals surface area contributed by atoms with Gasteiger partial charge >= 0.3 is 0 Å². The predicted octanol–water partition coefficient (Wildman–Crippen LogP) is 4.94. The van der Waals surface area contributed by atoms with Gasteiger partial charge in [0.05, 0.1) is 0 Å². The summed E-state index contributed by atoms with van der Waals surface area (Å²) in [5, 5.41) is 3.56. The molecule has 0 aliphatic rings. The quantitative estimate of drug-likeness (QED) is 0.632. The molecule has 0 amide bonds. The Morgan fingerprint density at radius 3 is 2.32 bits per heavy atom. The lowest BCUT2D eigenvalue weighted by atomic mass is 10.00. The summed E-state index contributed by atoms with van der Waals surface area (Å²) < 4.78 is 0. The summed E-state index contributed by atoms with van der Waals surface area (Å²) in [4.78, 5) is 0. The standard InChI is InChI=1S/C17H28ClN/c1-4-5-15(10-11-18)12-19-13-16-6-8-17(9-7-16)14(2)3/h6-9,14-15,19H,4-5,10-13H2,1-3H3. The van der Waals surface area contributed by atoms with Crippen molar-refractivity contribution in [3.63, 3.8) is 0 Å². The van der Waals surface area contributed by atoms with Crippen molar-refractivity contribution in [2.24, 2.45) is 5.92 Å². The van der Waals surface area contributed by atoms with E-state index >= 15 is 0 Å². The van der Waals surface area contributed by atoms with Crippen molar-refractivity contribution in [3.8, 4) is 0 Å². The number of rotatable bonds is 9. The normalized spacial score (nSPS) is 12.9. The van der Waals surface area contributed by atoms with Crippen molar-refractivity contribution in [2.45, 2.75) is 52.5 Å². The molecule has 2 heteroatoms. The summed E-state index contributed by atoms with van der Waals surface area (Å²) >= 11 is 5.85. The van der Waals surface area contributed by atoms with Crippen LogP contribution in [0.5, 0.6) is 0 Å². The highest BCUT2D eigenvalue weighted by molar-refractivity contribution is 6.17. The van der Waals surface area contributed by atoms with Gasteiger partial charge in [-0.1, -0.05) is 51.5 Å². The molecule has 0 aliphatic carbocycles. The zero-order chi connectivity index (χ0) is 14.1. The van der Waals surface area contributed by atoms with Gasteiger partial charge in [0, 0.05) is 12.4 Å². The second-order valence-corrected chi connectivity index (χ2v) is 6.04. The molecular formula is C17H28ClN. The molecule has 1 rings (SSSR count). The molecule has 0 spiro atoms. The fourth-order valence-corrected chi connectivity index (χ4v) is 2.66. The lowest BCUT2D eigenvalue weighted by molar-refractivity contribution is 0.430. The Labute approximate surface area is 123 Å². The highest BCUT2D eigenvalue weighted by Gasteiger charge is 2.06. The van der Waals surface area contributed by atoms with Crippen LogP contribution in [-0.4, -0.2) is 12.4 Å². The van der Waals surface area contributed by atoms with Gasteiger partial charge in [0.15, 0.2) is 0 Å². The van der Waals surface area contributed by atoms with E-state index in [1.54, 1.807) is 0 Å². The third kappa shape index (κ3) is 6.44. The molecule has 108 valence electrons. The van der Waals surface area contributed by atoms with Crippen LogP contribution in [0.25, 0.3) is 0 Å². The molecule has 1 atom stereocenters. The summed E-state index contributed by atoms with van der Waals surface area (Å²) in [7, 11) is 0. The summed E-state index contributed by atoms with van der Waals surface area (Å²) in [6.45, 7) is 8.74. The molecule has 1 nitrogen and oxygen atoms in total. The van der Waals surface area contributed by atoms with Crippen LogP contribution in [0.3, 0.4) is 0 Å². The van der Waals surface area contributed by atoms with Crippen LogP contribution in [0, 0.1) is 5.92 Å². The minimum atomic E-state index is 0.611. The molecule has 0 heterocycles. The number of benzene rings is 1. The van der Waals surface area contributed by atoms with Crippen LogP contribution < -0.4 is 5.32 Å². The average Bonchev–Trinajstić information content (AvgIpc) is 2.40. The second-order valence-electron chi connectivity index (χ2n) is 5.66. The summed E-state index contributed by atoms with van der Waals surface area (Å²) in [5.74, 6) is 2.10. The van der Waals surface area contributed by atoms with Crippen LogP contribution >= 0.6 is 11.6 Å². The molecule has 0 radical (unpaired) electrons. The Bertz CT molecular complexity index is 326. The van der Waals surface area contributed by atoms with Gasteiger partial charge in [0.1, 0.15) is 0 Å². The van der Waals surface area contributed by atoms with E-state index in [2.05, 4.69) is 50.4 Å². The minimum Gasteiger partial charge on any atom is -0.312 e. The van der Waals surface area contributed by atoms with Gasteiger partial charge in [-0.15, -0.1) is 11.6 Å². The Kier molecular flexibility index (Phi) is 8.16. The van der Waals surface area contributed by atoms with Gasteiger partial charge in [-0.3, -0.25) is 0 Å². The second kappa shape index (κ2) is 9.39. The van der Waals surface area contributed by atoms with E-state index in [1.807, 2.05) is 0 Å². The van der Waals surface area contributed by atoms with Crippen LogP contribution in [-0.2, 0) is 6.54 Å². The zero-order valence-electron chi connectivity index (χ0n) is 12.6. The molecule has 1 aromatic carbocycles. The van der Waals surface area contributed by atoms with Gasteiger partial charge in [0.2, 0.25) is 0 Å². The number of halogens is 1. The Morgan fingerprint density at radius 2 is 1.79 bits per heavy atom.